The van der Waals surface area contributed by atoms with Crippen molar-refractivity contribution in [1.82, 2.24) is 25.0 Å². The van der Waals surface area contributed by atoms with Gasteiger partial charge in [0.1, 0.15) is 5.75 Å². The molecule has 0 atom stereocenters. The number of hydrogen-bond acceptors (Lipinski definition) is 8. The summed E-state index contributed by atoms with van der Waals surface area (Å²) < 4.78 is 12.1. The minimum atomic E-state index is 0.431. The molecule has 2 heterocycles. The topological polar surface area (TPSA) is 105 Å². The molecule has 9 heteroatoms. The molecule has 0 aliphatic heterocycles. The van der Waals surface area contributed by atoms with Gasteiger partial charge in [0.2, 0.25) is 16.9 Å². The van der Waals surface area contributed by atoms with E-state index < -0.39 is 0 Å². The third-order valence-electron chi connectivity index (χ3n) is 4.08. The Labute approximate surface area is 165 Å². The summed E-state index contributed by atoms with van der Waals surface area (Å²) in [5.41, 5.74) is 2.82. The Morgan fingerprint density at radius 3 is 2.82 bits per heavy atom. The van der Waals surface area contributed by atoms with Gasteiger partial charge in [0.15, 0.2) is 5.82 Å². The highest BCUT2D eigenvalue weighted by Gasteiger charge is 2.17. The van der Waals surface area contributed by atoms with E-state index in [4.69, 9.17) is 15.1 Å². The number of nitrogens with two attached hydrogens (primary N) is 1. The molecule has 0 radical (unpaired) electrons. The summed E-state index contributed by atoms with van der Waals surface area (Å²) in [6.07, 6.45) is 0. The fraction of sp³-hybridized carbons (Fsp3) is 0.158. The number of methoxy groups -OCH3 is 1. The first kappa shape index (κ1) is 18.1. The normalized spacial score (nSPS) is 10.9. The molecule has 8 nitrogen and oxygen atoms in total. The molecular formula is C19H18N6O2S. The van der Waals surface area contributed by atoms with Crippen LogP contribution in [0, 0.1) is 6.92 Å². The molecule has 0 fully saturated rings. The number of benzene rings is 2. The van der Waals surface area contributed by atoms with Gasteiger partial charge >= 0.3 is 0 Å². The number of nitrogen functional groups attached to an aromatic ring is 1. The highest BCUT2D eigenvalue weighted by Crippen LogP contribution is 2.30. The fourth-order valence-corrected chi connectivity index (χ4v) is 3.42. The number of aryl methyl sites for hydroxylation is 1. The van der Waals surface area contributed by atoms with Crippen molar-refractivity contribution >= 4 is 11.8 Å². The standard InChI is InChI=1S/C19H18N6O2S/c1-12-6-5-7-13(10-12)17-21-16(27-24-17)11-28-19-23-22-18(25(19)20)14-8-3-4-9-15(14)26-2/h3-10H,11,20H2,1-2H3. The zero-order chi connectivity index (χ0) is 19.5. The van der Waals surface area contributed by atoms with E-state index in [-0.39, 0.29) is 0 Å². The van der Waals surface area contributed by atoms with E-state index >= 15 is 0 Å². The summed E-state index contributed by atoms with van der Waals surface area (Å²) in [7, 11) is 1.60. The van der Waals surface area contributed by atoms with E-state index in [0.717, 1.165) is 16.7 Å². The van der Waals surface area contributed by atoms with Crippen molar-refractivity contribution in [3.8, 4) is 28.5 Å². The smallest absolute Gasteiger partial charge is 0.237 e. The number of para-hydroxylation sites is 1. The highest BCUT2D eigenvalue weighted by atomic mass is 32.2. The summed E-state index contributed by atoms with van der Waals surface area (Å²) in [5.74, 6) is 8.86. The third kappa shape index (κ3) is 3.56. The molecule has 28 heavy (non-hydrogen) atoms. The molecule has 0 saturated heterocycles. The van der Waals surface area contributed by atoms with Crippen LogP contribution in [-0.4, -0.2) is 32.1 Å². The molecule has 2 N–H and O–H groups in total. The number of rotatable bonds is 6. The average Bonchev–Trinajstić information content (AvgIpc) is 3.33. The monoisotopic (exact) mass is 394 g/mol. The Kier molecular flexibility index (Phi) is 4.98. The predicted octanol–water partition coefficient (Wildman–Crippen LogP) is 3.32. The first-order valence-corrected chi connectivity index (χ1v) is 9.50. The maximum Gasteiger partial charge on any atom is 0.237 e. The van der Waals surface area contributed by atoms with Gasteiger partial charge in [0, 0.05) is 5.56 Å². The molecule has 0 saturated carbocycles. The summed E-state index contributed by atoms with van der Waals surface area (Å²) >= 11 is 1.37. The lowest BCUT2D eigenvalue weighted by atomic mass is 10.1. The number of hydrogen-bond donors (Lipinski definition) is 1. The maximum atomic E-state index is 6.18. The van der Waals surface area contributed by atoms with Crippen molar-refractivity contribution in [2.24, 2.45) is 0 Å². The number of thioether (sulfide) groups is 1. The summed E-state index contributed by atoms with van der Waals surface area (Å²) in [5, 5.41) is 12.9. The van der Waals surface area contributed by atoms with Gasteiger partial charge in [-0.1, -0.05) is 52.8 Å². The van der Waals surface area contributed by atoms with Crippen LogP contribution in [0.2, 0.25) is 0 Å². The molecule has 4 aromatic rings. The van der Waals surface area contributed by atoms with Gasteiger partial charge in [-0.2, -0.15) is 4.98 Å². The number of aromatic nitrogens is 5. The van der Waals surface area contributed by atoms with Crippen LogP contribution in [0.15, 0.2) is 58.2 Å². The fourth-order valence-electron chi connectivity index (χ4n) is 2.73. The molecule has 0 aliphatic carbocycles. The van der Waals surface area contributed by atoms with Gasteiger partial charge in [-0.3, -0.25) is 0 Å². The van der Waals surface area contributed by atoms with Crippen LogP contribution in [0.25, 0.3) is 22.8 Å². The molecule has 0 unspecified atom stereocenters. The number of nitrogens with zero attached hydrogens (tertiary/aromatic N) is 5. The molecule has 142 valence electrons. The summed E-state index contributed by atoms with van der Waals surface area (Å²) in [4.78, 5) is 4.44. The zero-order valence-electron chi connectivity index (χ0n) is 15.4. The summed E-state index contributed by atoms with van der Waals surface area (Å²) in [6, 6.07) is 15.5. The van der Waals surface area contributed by atoms with Crippen LogP contribution in [0.5, 0.6) is 5.75 Å². The van der Waals surface area contributed by atoms with Gasteiger partial charge in [0.25, 0.3) is 0 Å². The van der Waals surface area contributed by atoms with E-state index in [1.165, 1.54) is 16.4 Å². The van der Waals surface area contributed by atoms with Gasteiger partial charge in [-0.25, -0.2) is 4.68 Å². The van der Waals surface area contributed by atoms with E-state index in [9.17, 15) is 0 Å². The lowest BCUT2D eigenvalue weighted by Gasteiger charge is -2.07. The SMILES string of the molecule is COc1ccccc1-c1nnc(SCc2nc(-c3cccc(C)c3)no2)n1N. The van der Waals surface area contributed by atoms with Crippen molar-refractivity contribution in [2.75, 3.05) is 13.0 Å². The molecule has 0 amide bonds. The second kappa shape index (κ2) is 7.73. The van der Waals surface area contributed by atoms with Crippen LogP contribution >= 0.6 is 11.8 Å². The van der Waals surface area contributed by atoms with Crippen molar-refractivity contribution in [1.29, 1.82) is 0 Å². The summed E-state index contributed by atoms with van der Waals surface area (Å²) in [6.45, 7) is 2.02. The Morgan fingerprint density at radius 1 is 1.14 bits per heavy atom. The van der Waals surface area contributed by atoms with Crippen molar-refractivity contribution in [3.63, 3.8) is 0 Å². The second-order valence-electron chi connectivity index (χ2n) is 6.05. The van der Waals surface area contributed by atoms with E-state index in [2.05, 4.69) is 20.3 Å². The third-order valence-corrected chi connectivity index (χ3v) is 5.01. The number of ether oxygens (including phenoxy) is 1. The van der Waals surface area contributed by atoms with Crippen molar-refractivity contribution in [3.05, 3.63) is 60.0 Å². The van der Waals surface area contributed by atoms with E-state index in [0.29, 0.717) is 34.2 Å². The van der Waals surface area contributed by atoms with Crippen molar-refractivity contribution in [2.45, 2.75) is 17.8 Å². The quantitative estimate of drug-likeness (QED) is 0.392. The lowest BCUT2D eigenvalue weighted by molar-refractivity contribution is 0.391. The molecular weight excluding hydrogens is 376 g/mol. The minimum absolute atomic E-state index is 0.431. The Morgan fingerprint density at radius 2 is 2.00 bits per heavy atom. The first-order chi connectivity index (χ1) is 13.7. The van der Waals surface area contributed by atoms with Gasteiger partial charge < -0.3 is 15.1 Å². The van der Waals surface area contributed by atoms with Gasteiger partial charge in [-0.05, 0) is 25.1 Å². The van der Waals surface area contributed by atoms with Crippen LogP contribution < -0.4 is 10.6 Å². The molecule has 4 rings (SSSR count). The van der Waals surface area contributed by atoms with Crippen LogP contribution in [0.1, 0.15) is 11.5 Å². The first-order valence-electron chi connectivity index (χ1n) is 8.52. The van der Waals surface area contributed by atoms with Gasteiger partial charge in [-0.15, -0.1) is 10.2 Å². The molecule has 2 aromatic carbocycles. The Balaban J connectivity index is 1.50. The lowest BCUT2D eigenvalue weighted by Crippen LogP contribution is -2.12. The molecule has 0 aliphatic rings. The highest BCUT2D eigenvalue weighted by molar-refractivity contribution is 7.98. The van der Waals surface area contributed by atoms with E-state index in [1.54, 1.807) is 7.11 Å². The Hall–Kier alpha value is -3.33. The van der Waals surface area contributed by atoms with Crippen molar-refractivity contribution < 1.29 is 9.26 Å². The van der Waals surface area contributed by atoms with Crippen LogP contribution in [-0.2, 0) is 5.75 Å². The van der Waals surface area contributed by atoms with E-state index in [1.807, 2.05) is 55.5 Å². The predicted molar refractivity (Wildman–Crippen MR) is 106 cm³/mol. The van der Waals surface area contributed by atoms with Crippen LogP contribution in [0.3, 0.4) is 0 Å². The average molecular weight is 394 g/mol. The molecule has 2 aromatic heterocycles. The second-order valence-corrected chi connectivity index (χ2v) is 6.99. The van der Waals surface area contributed by atoms with Crippen LogP contribution in [0.4, 0.5) is 0 Å². The Bertz CT molecular complexity index is 1110. The molecule has 0 spiro atoms. The van der Waals surface area contributed by atoms with Gasteiger partial charge in [0.05, 0.1) is 18.4 Å². The molecule has 0 bridgehead atoms. The minimum Gasteiger partial charge on any atom is -0.496 e. The largest absolute Gasteiger partial charge is 0.496 e. The zero-order valence-corrected chi connectivity index (χ0v) is 16.2. The maximum absolute atomic E-state index is 6.18.